The summed E-state index contributed by atoms with van der Waals surface area (Å²) in [6.07, 6.45) is 0. The number of carbonyl (C=O) groups is 2. The third kappa shape index (κ3) is 3.61. The summed E-state index contributed by atoms with van der Waals surface area (Å²) in [5, 5.41) is 6.59. The summed E-state index contributed by atoms with van der Waals surface area (Å²) in [6.45, 7) is 1.25. The highest BCUT2D eigenvalue weighted by Crippen LogP contribution is 2.17. The van der Waals surface area contributed by atoms with Crippen molar-refractivity contribution in [1.82, 2.24) is 10.2 Å². The zero-order valence-corrected chi connectivity index (χ0v) is 11.4. The molecule has 112 valence electrons. The van der Waals surface area contributed by atoms with Gasteiger partial charge in [0, 0.05) is 5.56 Å². The van der Waals surface area contributed by atoms with E-state index >= 15 is 0 Å². The average molecular weight is 310 g/mol. The second kappa shape index (κ2) is 6.90. The van der Waals surface area contributed by atoms with Gasteiger partial charge in [-0.2, -0.15) is 5.10 Å². The molecule has 0 bridgehead atoms. The number of rotatable bonds is 4. The number of esters is 1. The molecule has 1 heterocycles. The molecule has 21 heavy (non-hydrogen) atoms. The molecule has 1 aromatic carbocycles. The number of benzene rings is 1. The minimum absolute atomic E-state index is 0. The number of nitrogen functional groups attached to an aromatic ring is 1. The highest BCUT2D eigenvalue weighted by molar-refractivity contribution is 6.34. The van der Waals surface area contributed by atoms with E-state index in [1.54, 1.807) is 31.2 Å². The summed E-state index contributed by atoms with van der Waals surface area (Å²) in [7, 11) is 0. The standard InChI is InChI=1S/C13H12ClN3O3.CH4/c1-7-11(15)12(17-16-7)13(19)20-6-10(18)8-4-2-3-5-9(8)14;/h2-5H,6,15H2,1H3,(H,16,17);1H4. The summed E-state index contributed by atoms with van der Waals surface area (Å²) in [6, 6.07) is 6.53. The van der Waals surface area contributed by atoms with Gasteiger partial charge in [0.2, 0.25) is 5.78 Å². The second-order valence-corrected chi connectivity index (χ2v) is 4.50. The Labute approximate surface area is 127 Å². The van der Waals surface area contributed by atoms with Crippen molar-refractivity contribution in [3.8, 4) is 0 Å². The fourth-order valence-electron chi connectivity index (χ4n) is 1.56. The minimum atomic E-state index is -0.757. The maximum atomic E-state index is 11.9. The monoisotopic (exact) mass is 309 g/mol. The summed E-state index contributed by atoms with van der Waals surface area (Å²) < 4.78 is 4.88. The highest BCUT2D eigenvalue weighted by Gasteiger charge is 2.19. The average Bonchev–Trinajstić information content (AvgIpc) is 2.76. The van der Waals surface area contributed by atoms with E-state index in [1.165, 1.54) is 0 Å². The molecule has 3 N–H and O–H groups in total. The van der Waals surface area contributed by atoms with Crippen LogP contribution in [0.1, 0.15) is 34.0 Å². The third-order valence-corrected chi connectivity index (χ3v) is 3.03. The number of hydrogen-bond acceptors (Lipinski definition) is 5. The maximum Gasteiger partial charge on any atom is 0.361 e. The first kappa shape index (κ1) is 16.7. The van der Waals surface area contributed by atoms with Gasteiger partial charge in [-0.25, -0.2) is 4.79 Å². The van der Waals surface area contributed by atoms with Crippen LogP contribution in [0.5, 0.6) is 0 Å². The number of nitrogens with one attached hydrogen (secondary N) is 1. The van der Waals surface area contributed by atoms with Gasteiger partial charge in [-0.05, 0) is 19.1 Å². The molecule has 6 nitrogen and oxygen atoms in total. The van der Waals surface area contributed by atoms with E-state index in [-0.39, 0.29) is 18.8 Å². The van der Waals surface area contributed by atoms with Gasteiger partial charge < -0.3 is 10.5 Å². The second-order valence-electron chi connectivity index (χ2n) is 4.09. The molecule has 2 aromatic rings. The molecule has 0 atom stereocenters. The molecule has 0 aliphatic carbocycles. The van der Waals surface area contributed by atoms with Gasteiger partial charge in [0.05, 0.1) is 16.4 Å². The Morgan fingerprint density at radius 3 is 2.62 bits per heavy atom. The molecule has 0 fully saturated rings. The van der Waals surface area contributed by atoms with E-state index in [2.05, 4.69) is 10.2 Å². The van der Waals surface area contributed by atoms with Gasteiger partial charge in [-0.3, -0.25) is 9.89 Å². The number of aromatic nitrogens is 2. The smallest absolute Gasteiger partial charge is 0.361 e. The van der Waals surface area contributed by atoms with Crippen LogP contribution in [0.15, 0.2) is 24.3 Å². The van der Waals surface area contributed by atoms with E-state index in [1.807, 2.05) is 0 Å². The number of H-pyrrole nitrogens is 1. The van der Waals surface area contributed by atoms with E-state index in [0.29, 0.717) is 16.3 Å². The lowest BCUT2D eigenvalue weighted by molar-refractivity contribution is 0.0470. The van der Waals surface area contributed by atoms with Crippen molar-refractivity contribution in [3.63, 3.8) is 0 Å². The number of nitrogens with two attached hydrogens (primary N) is 1. The highest BCUT2D eigenvalue weighted by atomic mass is 35.5. The summed E-state index contributed by atoms with van der Waals surface area (Å²) in [5.74, 6) is -1.15. The number of carbonyl (C=O) groups excluding carboxylic acids is 2. The quantitative estimate of drug-likeness (QED) is 0.668. The zero-order valence-electron chi connectivity index (χ0n) is 10.6. The van der Waals surface area contributed by atoms with Crippen LogP contribution in [-0.4, -0.2) is 28.6 Å². The van der Waals surface area contributed by atoms with Gasteiger partial charge in [-0.1, -0.05) is 31.2 Å². The number of hydrogen-bond donors (Lipinski definition) is 2. The van der Waals surface area contributed by atoms with Crippen molar-refractivity contribution >= 4 is 29.0 Å². The molecule has 0 saturated carbocycles. The lowest BCUT2D eigenvalue weighted by atomic mass is 10.1. The Balaban J connectivity index is 0.00000220. The Morgan fingerprint density at radius 2 is 2.05 bits per heavy atom. The van der Waals surface area contributed by atoms with Crippen molar-refractivity contribution in [2.75, 3.05) is 12.3 Å². The molecule has 0 radical (unpaired) electrons. The molecule has 0 unspecified atom stereocenters. The Morgan fingerprint density at radius 1 is 1.38 bits per heavy atom. The topological polar surface area (TPSA) is 98.1 Å². The molecule has 0 amide bonds. The van der Waals surface area contributed by atoms with Crippen LogP contribution in [0.25, 0.3) is 0 Å². The molecule has 0 aliphatic heterocycles. The number of halogens is 1. The SMILES string of the molecule is C.Cc1[nH]nc(C(=O)OCC(=O)c2ccccc2Cl)c1N. The first-order valence-corrected chi connectivity index (χ1v) is 6.13. The van der Waals surface area contributed by atoms with Gasteiger partial charge in [0.15, 0.2) is 12.3 Å². The molecule has 7 heteroatoms. The fourth-order valence-corrected chi connectivity index (χ4v) is 1.80. The Hall–Kier alpha value is -2.34. The summed E-state index contributed by atoms with van der Waals surface area (Å²) in [4.78, 5) is 23.6. The molecule has 1 aromatic heterocycles. The number of ketones is 1. The Kier molecular flexibility index (Phi) is 5.49. The van der Waals surface area contributed by atoms with Gasteiger partial charge in [-0.15, -0.1) is 0 Å². The third-order valence-electron chi connectivity index (χ3n) is 2.70. The van der Waals surface area contributed by atoms with Gasteiger partial charge in [0.1, 0.15) is 0 Å². The molecule has 0 saturated heterocycles. The maximum absolute atomic E-state index is 11.9. The van der Waals surface area contributed by atoms with E-state index in [0.717, 1.165) is 0 Å². The first-order valence-electron chi connectivity index (χ1n) is 5.76. The summed E-state index contributed by atoms with van der Waals surface area (Å²) in [5.41, 5.74) is 6.68. The van der Waals surface area contributed by atoms with Gasteiger partial charge in [0.25, 0.3) is 0 Å². The van der Waals surface area contributed by atoms with E-state index in [9.17, 15) is 9.59 Å². The number of Topliss-reactive ketones (excluding diaryl/α,β-unsaturated/α-hetero) is 1. The number of aromatic amines is 1. The van der Waals surface area contributed by atoms with Crippen LogP contribution in [0.3, 0.4) is 0 Å². The van der Waals surface area contributed by atoms with Crippen molar-refractivity contribution in [2.45, 2.75) is 14.4 Å². The molecule has 2 rings (SSSR count). The van der Waals surface area contributed by atoms with Crippen molar-refractivity contribution in [3.05, 3.63) is 46.2 Å². The van der Waals surface area contributed by atoms with Crippen LogP contribution in [0.4, 0.5) is 5.69 Å². The van der Waals surface area contributed by atoms with E-state index in [4.69, 9.17) is 22.1 Å². The number of aryl methyl sites for hydroxylation is 1. The predicted molar refractivity (Wildman–Crippen MR) is 80.5 cm³/mol. The molecule has 0 aliphatic rings. The molecular weight excluding hydrogens is 294 g/mol. The normalized spacial score (nSPS) is 9.81. The van der Waals surface area contributed by atoms with E-state index < -0.39 is 18.4 Å². The lowest BCUT2D eigenvalue weighted by Gasteiger charge is -2.04. The number of anilines is 1. The van der Waals surface area contributed by atoms with Crippen LogP contribution in [-0.2, 0) is 4.74 Å². The number of nitrogens with zero attached hydrogens (tertiary/aromatic N) is 1. The van der Waals surface area contributed by atoms with Gasteiger partial charge >= 0.3 is 5.97 Å². The van der Waals surface area contributed by atoms with Crippen LogP contribution >= 0.6 is 11.6 Å². The molecular formula is C14H16ClN3O3. The van der Waals surface area contributed by atoms with Crippen LogP contribution in [0.2, 0.25) is 5.02 Å². The zero-order chi connectivity index (χ0) is 14.7. The minimum Gasteiger partial charge on any atom is -0.452 e. The van der Waals surface area contributed by atoms with Crippen molar-refractivity contribution in [2.24, 2.45) is 0 Å². The van der Waals surface area contributed by atoms with Crippen molar-refractivity contribution < 1.29 is 14.3 Å². The van der Waals surface area contributed by atoms with Crippen molar-refractivity contribution in [1.29, 1.82) is 0 Å². The predicted octanol–water partition coefficient (Wildman–Crippen LogP) is 2.63. The Bertz CT molecular complexity index is 667. The lowest BCUT2D eigenvalue weighted by Crippen LogP contribution is -2.15. The van der Waals surface area contributed by atoms with Crippen LogP contribution in [0, 0.1) is 6.92 Å². The summed E-state index contributed by atoms with van der Waals surface area (Å²) >= 11 is 5.88. The first-order chi connectivity index (χ1) is 9.50. The fraction of sp³-hybridized carbons (Fsp3) is 0.214. The molecule has 0 spiro atoms. The number of ether oxygens (including phenoxy) is 1. The van der Waals surface area contributed by atoms with Crippen LogP contribution < -0.4 is 5.73 Å². The largest absolute Gasteiger partial charge is 0.452 e.